The average Bonchev–Trinajstić information content (AvgIpc) is 2.89. The zero-order valence-corrected chi connectivity index (χ0v) is 23.3. The first-order valence-corrected chi connectivity index (χ1v) is 13.4. The number of urea groups is 1. The summed E-state index contributed by atoms with van der Waals surface area (Å²) in [4.78, 5) is 30.2. The van der Waals surface area contributed by atoms with E-state index in [1.165, 1.54) is 10.5 Å². The number of carbonyl (C=O) groups excluding carboxylic acids is 2. The van der Waals surface area contributed by atoms with E-state index >= 15 is 0 Å². The molecule has 3 rings (SSSR count). The first-order chi connectivity index (χ1) is 17.8. The number of β-lactam (4-membered cyclic amide) rings is 1. The van der Waals surface area contributed by atoms with Crippen molar-refractivity contribution in [3.8, 4) is 5.75 Å². The lowest BCUT2D eigenvalue weighted by Crippen LogP contribution is -2.73. The van der Waals surface area contributed by atoms with E-state index in [0.717, 1.165) is 37.1 Å². The molecule has 7 nitrogen and oxygen atoms in total. The second-order valence-corrected chi connectivity index (χ2v) is 10.1. The monoisotopic (exact) mass is 509 g/mol. The van der Waals surface area contributed by atoms with Gasteiger partial charge in [0.1, 0.15) is 11.2 Å². The molecule has 0 radical (unpaired) electrons. The lowest BCUT2D eigenvalue weighted by molar-refractivity contribution is -0.191. The highest BCUT2D eigenvalue weighted by atomic mass is 16.5. The Morgan fingerprint density at radius 1 is 1.08 bits per heavy atom. The van der Waals surface area contributed by atoms with Crippen molar-refractivity contribution in [1.82, 2.24) is 15.1 Å². The van der Waals surface area contributed by atoms with Gasteiger partial charge in [0.25, 0.3) is 0 Å². The molecule has 1 heterocycles. The number of rotatable bonds is 13. The molecular formula is C30H43N3O4. The van der Waals surface area contributed by atoms with Gasteiger partial charge in [0, 0.05) is 20.2 Å². The molecule has 37 heavy (non-hydrogen) atoms. The van der Waals surface area contributed by atoms with Crippen LogP contribution in [0.4, 0.5) is 4.79 Å². The van der Waals surface area contributed by atoms with Gasteiger partial charge in [-0.05, 0) is 56.5 Å². The van der Waals surface area contributed by atoms with Crippen LogP contribution in [0.15, 0.2) is 48.5 Å². The summed E-state index contributed by atoms with van der Waals surface area (Å²) < 4.78 is 11.5. The van der Waals surface area contributed by atoms with E-state index in [-0.39, 0.29) is 11.9 Å². The largest absolute Gasteiger partial charge is 0.469 e. The lowest BCUT2D eigenvalue weighted by atomic mass is 9.72. The summed E-state index contributed by atoms with van der Waals surface area (Å²) in [5.41, 5.74) is 2.65. The summed E-state index contributed by atoms with van der Waals surface area (Å²) in [7, 11) is 3.76. The number of hydrogen-bond acceptors (Lipinski definition) is 5. The Hall–Kier alpha value is -2.90. The number of methoxy groups -OCH3 is 1. The zero-order valence-electron chi connectivity index (χ0n) is 23.3. The van der Waals surface area contributed by atoms with Crippen molar-refractivity contribution in [3.63, 3.8) is 0 Å². The van der Waals surface area contributed by atoms with Gasteiger partial charge in [-0.2, -0.15) is 0 Å². The van der Waals surface area contributed by atoms with Crippen molar-refractivity contribution in [2.24, 2.45) is 5.41 Å². The number of carbonyl (C=O) groups is 2. The highest BCUT2D eigenvalue weighted by molar-refractivity contribution is 6.03. The fourth-order valence-corrected chi connectivity index (χ4v) is 4.97. The van der Waals surface area contributed by atoms with Gasteiger partial charge in [0.05, 0.1) is 12.6 Å². The number of ether oxygens (including phenoxy) is 2. The molecule has 202 valence electrons. The fourth-order valence-electron chi connectivity index (χ4n) is 4.97. The van der Waals surface area contributed by atoms with E-state index in [4.69, 9.17) is 9.47 Å². The van der Waals surface area contributed by atoms with Gasteiger partial charge in [-0.3, -0.25) is 9.69 Å². The molecule has 0 aromatic heterocycles. The molecule has 1 saturated heterocycles. The number of benzene rings is 2. The van der Waals surface area contributed by atoms with Gasteiger partial charge >= 0.3 is 6.03 Å². The zero-order chi connectivity index (χ0) is 27.0. The van der Waals surface area contributed by atoms with Crippen LogP contribution in [0.2, 0.25) is 0 Å². The highest BCUT2D eigenvalue weighted by Gasteiger charge is 2.63. The van der Waals surface area contributed by atoms with Gasteiger partial charge in [0.15, 0.2) is 6.23 Å². The van der Waals surface area contributed by atoms with Crippen LogP contribution in [0.25, 0.3) is 0 Å². The van der Waals surface area contributed by atoms with Crippen molar-refractivity contribution in [2.75, 3.05) is 27.3 Å². The third-order valence-corrected chi connectivity index (χ3v) is 7.49. The fraction of sp³-hybridized carbons (Fsp3) is 0.533. The van der Waals surface area contributed by atoms with Crippen LogP contribution >= 0.6 is 0 Å². The van der Waals surface area contributed by atoms with Crippen LogP contribution in [0, 0.1) is 12.3 Å². The summed E-state index contributed by atoms with van der Waals surface area (Å²) in [6, 6.07) is 15.5. The predicted octanol–water partition coefficient (Wildman–Crippen LogP) is 5.68. The predicted molar refractivity (Wildman–Crippen MR) is 146 cm³/mol. The molecule has 0 spiro atoms. The van der Waals surface area contributed by atoms with E-state index in [9.17, 15) is 9.59 Å². The number of imide groups is 1. The summed E-state index contributed by atoms with van der Waals surface area (Å²) in [5, 5.41) is 3.11. The molecule has 7 heteroatoms. The molecule has 1 N–H and O–H groups in total. The lowest BCUT2D eigenvalue weighted by Gasteiger charge is -2.53. The molecular weight excluding hydrogens is 466 g/mol. The van der Waals surface area contributed by atoms with Gasteiger partial charge < -0.3 is 14.8 Å². The van der Waals surface area contributed by atoms with E-state index in [1.54, 1.807) is 7.11 Å². The number of nitrogens with zero attached hydrogens (tertiary/aromatic N) is 2. The Morgan fingerprint density at radius 3 is 2.30 bits per heavy atom. The summed E-state index contributed by atoms with van der Waals surface area (Å²) in [5.74, 6) is 0.476. The molecule has 0 unspecified atom stereocenters. The SMILES string of the molecule is CCC[C@@H](NC(=O)N1C(=O)C(CC)(CC)[C@@H]1Oc1ccc(CN(C)CCOC)cc1)c1ccc(C)cc1. The number of likely N-dealkylation sites (tertiary alicyclic amines) is 1. The van der Waals surface area contributed by atoms with Crippen LogP contribution in [-0.2, 0) is 16.1 Å². The molecule has 2 aromatic carbocycles. The van der Waals surface area contributed by atoms with Crippen molar-refractivity contribution >= 4 is 11.9 Å². The topological polar surface area (TPSA) is 71.1 Å². The molecule has 1 aliphatic heterocycles. The normalized spacial score (nSPS) is 17.4. The van der Waals surface area contributed by atoms with Crippen LogP contribution < -0.4 is 10.1 Å². The molecule has 3 amide bonds. The van der Waals surface area contributed by atoms with Crippen LogP contribution in [-0.4, -0.2) is 55.3 Å². The smallest absolute Gasteiger partial charge is 0.327 e. The standard InChI is InChI=1S/C30H43N3O4/c1-7-10-26(24-15-11-22(4)12-16-24)31-29(35)33-27(34)30(8-2,9-3)28(33)37-25-17-13-23(14-18-25)21-32(5)19-20-36-6/h11-18,26,28H,7-10,19-21H2,1-6H3,(H,31,35)/t26-,28+/m1/s1. The molecule has 2 aromatic rings. The van der Waals surface area contributed by atoms with Gasteiger partial charge in [-0.15, -0.1) is 0 Å². The third kappa shape index (κ3) is 6.51. The summed E-state index contributed by atoms with van der Waals surface area (Å²) in [6.07, 6.45) is 2.26. The van der Waals surface area contributed by atoms with E-state index < -0.39 is 17.7 Å². The second-order valence-electron chi connectivity index (χ2n) is 10.1. The summed E-state index contributed by atoms with van der Waals surface area (Å²) >= 11 is 0. The molecule has 0 aliphatic carbocycles. The van der Waals surface area contributed by atoms with E-state index in [2.05, 4.69) is 24.2 Å². The second kappa shape index (κ2) is 13.1. The number of nitrogens with one attached hydrogen (secondary N) is 1. The number of amides is 3. The number of hydrogen-bond donors (Lipinski definition) is 1. The first kappa shape index (κ1) is 28.7. The maximum absolute atomic E-state index is 13.4. The molecule has 0 saturated carbocycles. The molecule has 0 bridgehead atoms. The maximum Gasteiger partial charge on any atom is 0.327 e. The molecule has 1 fully saturated rings. The van der Waals surface area contributed by atoms with Crippen molar-refractivity contribution < 1.29 is 19.1 Å². The van der Waals surface area contributed by atoms with Crippen molar-refractivity contribution in [1.29, 1.82) is 0 Å². The number of aryl methyl sites for hydroxylation is 1. The first-order valence-electron chi connectivity index (χ1n) is 13.4. The summed E-state index contributed by atoms with van der Waals surface area (Å²) in [6.45, 7) is 10.4. The van der Waals surface area contributed by atoms with Crippen LogP contribution in [0.3, 0.4) is 0 Å². The average molecular weight is 510 g/mol. The van der Waals surface area contributed by atoms with Crippen LogP contribution in [0.1, 0.15) is 69.2 Å². The minimum absolute atomic E-state index is 0.167. The van der Waals surface area contributed by atoms with Crippen molar-refractivity contribution in [2.45, 2.75) is 72.2 Å². The third-order valence-electron chi connectivity index (χ3n) is 7.49. The Kier molecular flexibility index (Phi) is 10.1. The van der Waals surface area contributed by atoms with Crippen LogP contribution in [0.5, 0.6) is 5.75 Å². The highest BCUT2D eigenvalue weighted by Crippen LogP contribution is 2.46. The molecule has 2 atom stereocenters. The van der Waals surface area contributed by atoms with Crippen molar-refractivity contribution in [3.05, 3.63) is 65.2 Å². The van der Waals surface area contributed by atoms with E-state index in [0.29, 0.717) is 25.2 Å². The van der Waals surface area contributed by atoms with Gasteiger partial charge in [0.2, 0.25) is 5.91 Å². The maximum atomic E-state index is 13.4. The quantitative estimate of drug-likeness (QED) is 0.352. The Balaban J connectivity index is 1.75. The minimum atomic E-state index is -0.708. The van der Waals surface area contributed by atoms with Gasteiger partial charge in [-0.25, -0.2) is 9.69 Å². The minimum Gasteiger partial charge on any atom is -0.469 e. The Morgan fingerprint density at radius 2 is 1.73 bits per heavy atom. The van der Waals surface area contributed by atoms with Gasteiger partial charge in [-0.1, -0.05) is 69.2 Å². The Labute approximate surface area is 222 Å². The Bertz CT molecular complexity index is 1020. The van der Waals surface area contributed by atoms with E-state index in [1.807, 2.05) is 69.3 Å². The molecule has 1 aliphatic rings. The number of likely N-dealkylation sites (N-methyl/N-ethyl adjacent to an activating group) is 1.